The molecule has 2 aromatic heterocycles. The van der Waals surface area contributed by atoms with Gasteiger partial charge in [-0.25, -0.2) is 4.98 Å². The molecular weight excluding hydrogens is 350 g/mol. The van der Waals surface area contributed by atoms with Crippen LogP contribution in [0.1, 0.15) is 70.5 Å². The summed E-state index contributed by atoms with van der Waals surface area (Å²) in [4.78, 5) is 17.4. The van der Waals surface area contributed by atoms with Gasteiger partial charge < -0.3 is 14.9 Å². The molecule has 6 nitrogen and oxygen atoms in total. The van der Waals surface area contributed by atoms with Gasteiger partial charge in [-0.3, -0.25) is 4.79 Å². The first kappa shape index (κ1) is 20.3. The van der Waals surface area contributed by atoms with Crippen LogP contribution in [0, 0.1) is 13.8 Å². The Balaban J connectivity index is 2.15. The summed E-state index contributed by atoms with van der Waals surface area (Å²) in [7, 11) is 0. The van der Waals surface area contributed by atoms with E-state index in [-0.39, 0.29) is 18.6 Å². The van der Waals surface area contributed by atoms with Crippen molar-refractivity contribution in [2.45, 2.75) is 59.4 Å². The first-order valence-electron chi connectivity index (χ1n) is 9.02. The van der Waals surface area contributed by atoms with E-state index in [0.29, 0.717) is 17.0 Å². The number of aryl methyl sites for hydroxylation is 3. The van der Waals surface area contributed by atoms with Crippen molar-refractivity contribution in [3.8, 4) is 0 Å². The predicted octanol–water partition coefficient (Wildman–Crippen LogP) is 3.76. The molecule has 0 radical (unpaired) electrons. The van der Waals surface area contributed by atoms with Crippen LogP contribution in [0.3, 0.4) is 0 Å². The lowest BCUT2D eigenvalue weighted by molar-refractivity contribution is 0.0918. The third-order valence-corrected chi connectivity index (χ3v) is 5.33. The first-order chi connectivity index (χ1) is 12.5. The molecule has 0 saturated carbocycles. The van der Waals surface area contributed by atoms with E-state index < -0.39 is 0 Å². The number of hydrogen-bond acceptors (Lipinski definition) is 6. The predicted molar refractivity (Wildman–Crippen MR) is 104 cm³/mol. The Labute approximate surface area is 158 Å². The van der Waals surface area contributed by atoms with Crippen molar-refractivity contribution in [2.75, 3.05) is 6.61 Å². The smallest absolute Gasteiger partial charge is 0.263 e. The highest BCUT2D eigenvalue weighted by atomic mass is 32.1. The molecule has 0 aliphatic carbocycles. The van der Waals surface area contributed by atoms with Crippen LogP contribution >= 0.6 is 11.3 Å². The van der Waals surface area contributed by atoms with Crippen LogP contribution < -0.4 is 5.32 Å². The highest BCUT2D eigenvalue weighted by Crippen LogP contribution is 2.23. The van der Waals surface area contributed by atoms with Crippen LogP contribution in [0.2, 0.25) is 0 Å². The molecular formula is C19H27N3O3S. The summed E-state index contributed by atoms with van der Waals surface area (Å²) >= 11 is 1.34. The summed E-state index contributed by atoms with van der Waals surface area (Å²) in [6, 6.07) is -0.233. The van der Waals surface area contributed by atoms with Gasteiger partial charge in [-0.2, -0.15) is 0 Å². The first-order valence-corrected chi connectivity index (χ1v) is 9.84. The van der Waals surface area contributed by atoms with Crippen molar-refractivity contribution in [3.05, 3.63) is 32.6 Å². The lowest BCUT2D eigenvalue weighted by atomic mass is 10.1. The molecule has 1 amide bonds. The van der Waals surface area contributed by atoms with Crippen molar-refractivity contribution < 1.29 is 14.4 Å². The zero-order valence-electron chi connectivity index (χ0n) is 15.8. The van der Waals surface area contributed by atoms with Gasteiger partial charge in [0.15, 0.2) is 0 Å². The monoisotopic (exact) mass is 377 g/mol. The largest absolute Gasteiger partial charge is 0.394 e. The Morgan fingerprint density at radius 2 is 2.12 bits per heavy atom. The zero-order chi connectivity index (χ0) is 19.1. The zero-order valence-corrected chi connectivity index (χ0v) is 16.7. The number of aliphatic hydroxyl groups is 1. The number of thiazole rings is 1. The molecule has 2 aromatic rings. The number of carbonyl (C=O) groups excluding carboxylic acids is 1. The molecule has 1 atom stereocenters. The third kappa shape index (κ3) is 5.02. The van der Waals surface area contributed by atoms with E-state index in [1.807, 2.05) is 32.9 Å². The van der Waals surface area contributed by atoms with E-state index in [0.717, 1.165) is 41.3 Å². The molecule has 142 valence electrons. The van der Waals surface area contributed by atoms with Gasteiger partial charge in [0.05, 0.1) is 24.0 Å². The Hall–Kier alpha value is -1.99. The van der Waals surface area contributed by atoms with Gasteiger partial charge in [-0.05, 0) is 45.3 Å². The van der Waals surface area contributed by atoms with E-state index in [1.54, 1.807) is 0 Å². The summed E-state index contributed by atoms with van der Waals surface area (Å²) < 4.78 is 5.31. The van der Waals surface area contributed by atoms with Crippen molar-refractivity contribution in [2.24, 2.45) is 0 Å². The molecule has 0 fully saturated rings. The van der Waals surface area contributed by atoms with E-state index in [1.165, 1.54) is 11.3 Å². The summed E-state index contributed by atoms with van der Waals surface area (Å²) in [5, 5.41) is 17.0. The standard InChI is InChI=1S/C19H27N3O3S/c1-5-7-8-16-15(13(4)25-22-16)9-10-17-20-12(3)18(26-17)19(24)21-14(6-2)11-23/h9-10,14,23H,5-8,11H2,1-4H3,(H,21,24)/b10-9+/t14-/m1/s1. The van der Waals surface area contributed by atoms with E-state index >= 15 is 0 Å². The second-order valence-corrected chi connectivity index (χ2v) is 7.29. The molecule has 2 heterocycles. The molecule has 2 rings (SSSR count). The van der Waals surface area contributed by atoms with Gasteiger partial charge in [-0.1, -0.05) is 25.4 Å². The van der Waals surface area contributed by atoms with Crippen LogP contribution in [-0.4, -0.2) is 33.8 Å². The molecule has 0 unspecified atom stereocenters. The number of nitrogens with zero attached hydrogens (tertiary/aromatic N) is 2. The fourth-order valence-electron chi connectivity index (χ4n) is 2.54. The average Bonchev–Trinajstić information content (AvgIpc) is 3.18. The molecule has 0 bridgehead atoms. The van der Waals surface area contributed by atoms with Crippen LogP contribution in [0.5, 0.6) is 0 Å². The number of aromatic nitrogens is 2. The molecule has 26 heavy (non-hydrogen) atoms. The summed E-state index contributed by atoms with van der Waals surface area (Å²) in [6.07, 6.45) is 7.59. The highest BCUT2D eigenvalue weighted by molar-refractivity contribution is 7.14. The van der Waals surface area contributed by atoms with Gasteiger partial charge in [0.2, 0.25) is 0 Å². The normalized spacial score (nSPS) is 12.7. The minimum absolute atomic E-state index is 0.0693. The highest BCUT2D eigenvalue weighted by Gasteiger charge is 2.17. The SMILES string of the molecule is CCCCc1noc(C)c1/C=C/c1nc(C)c(C(=O)N[C@H](CC)CO)s1. The number of rotatable bonds is 9. The maximum absolute atomic E-state index is 12.4. The summed E-state index contributed by atoms with van der Waals surface area (Å²) in [6.45, 7) is 7.72. The topological polar surface area (TPSA) is 88.2 Å². The van der Waals surface area contributed by atoms with Crippen LogP contribution in [-0.2, 0) is 6.42 Å². The number of hydrogen-bond donors (Lipinski definition) is 2. The van der Waals surface area contributed by atoms with Crippen molar-refractivity contribution >= 4 is 29.4 Å². The lowest BCUT2D eigenvalue weighted by Crippen LogP contribution is -2.36. The van der Waals surface area contributed by atoms with E-state index in [4.69, 9.17) is 4.52 Å². The molecule has 0 saturated heterocycles. The average molecular weight is 378 g/mol. The molecule has 0 aliphatic rings. The molecule has 0 aliphatic heterocycles. The van der Waals surface area contributed by atoms with Gasteiger partial charge in [0, 0.05) is 5.56 Å². The maximum Gasteiger partial charge on any atom is 0.263 e. The van der Waals surface area contributed by atoms with Gasteiger partial charge >= 0.3 is 0 Å². The van der Waals surface area contributed by atoms with E-state index in [9.17, 15) is 9.90 Å². The third-order valence-electron chi connectivity index (χ3n) is 4.21. The second-order valence-electron chi connectivity index (χ2n) is 6.26. The summed E-state index contributed by atoms with van der Waals surface area (Å²) in [5.41, 5.74) is 2.64. The minimum Gasteiger partial charge on any atom is -0.394 e. The fourth-order valence-corrected chi connectivity index (χ4v) is 3.42. The van der Waals surface area contributed by atoms with Gasteiger partial charge in [0.25, 0.3) is 5.91 Å². The number of carbonyl (C=O) groups is 1. The molecule has 7 heteroatoms. The molecule has 2 N–H and O–H groups in total. The Morgan fingerprint density at radius 1 is 1.35 bits per heavy atom. The Kier molecular flexibility index (Phi) is 7.53. The Bertz CT molecular complexity index is 760. The fraction of sp³-hybridized carbons (Fsp3) is 0.526. The summed E-state index contributed by atoms with van der Waals surface area (Å²) in [5.74, 6) is 0.595. The second kappa shape index (κ2) is 9.64. The molecule has 0 spiro atoms. The number of aliphatic hydroxyl groups excluding tert-OH is 1. The quantitative estimate of drug-likeness (QED) is 0.694. The number of nitrogens with one attached hydrogen (secondary N) is 1. The van der Waals surface area contributed by atoms with Crippen molar-refractivity contribution in [3.63, 3.8) is 0 Å². The van der Waals surface area contributed by atoms with Crippen molar-refractivity contribution in [1.29, 1.82) is 0 Å². The molecule has 0 aromatic carbocycles. The van der Waals surface area contributed by atoms with E-state index in [2.05, 4.69) is 22.4 Å². The van der Waals surface area contributed by atoms with Gasteiger partial charge in [0.1, 0.15) is 15.6 Å². The van der Waals surface area contributed by atoms with Crippen LogP contribution in [0.15, 0.2) is 4.52 Å². The van der Waals surface area contributed by atoms with Gasteiger partial charge in [-0.15, -0.1) is 11.3 Å². The maximum atomic E-state index is 12.4. The van der Waals surface area contributed by atoms with Crippen LogP contribution in [0.4, 0.5) is 0 Å². The number of amides is 1. The number of unbranched alkanes of at least 4 members (excludes halogenated alkanes) is 1. The van der Waals surface area contributed by atoms with Crippen LogP contribution in [0.25, 0.3) is 12.2 Å². The lowest BCUT2D eigenvalue weighted by Gasteiger charge is -2.12. The minimum atomic E-state index is -0.233. The Morgan fingerprint density at radius 3 is 2.77 bits per heavy atom. The van der Waals surface area contributed by atoms with Crippen molar-refractivity contribution in [1.82, 2.24) is 15.5 Å².